The maximum absolute atomic E-state index is 4.36. The molecule has 2 aromatic heterocycles. The van der Waals surface area contributed by atoms with Crippen LogP contribution in [0, 0.1) is 0 Å². The summed E-state index contributed by atoms with van der Waals surface area (Å²) in [4.78, 5) is 16.9. The third kappa shape index (κ3) is 3.80. The van der Waals surface area contributed by atoms with Gasteiger partial charge in [0.15, 0.2) is 0 Å². The minimum absolute atomic E-state index is 0.269. The fourth-order valence-electron chi connectivity index (χ4n) is 1.59. The van der Waals surface area contributed by atoms with E-state index in [0.717, 1.165) is 12.3 Å². The molecular weight excluding hydrogens is 276 g/mol. The van der Waals surface area contributed by atoms with Crippen LogP contribution in [0.25, 0.3) is 5.95 Å². The summed E-state index contributed by atoms with van der Waals surface area (Å²) < 4.78 is 1.51. The van der Waals surface area contributed by atoms with Crippen molar-refractivity contribution in [2.24, 2.45) is 0 Å². The van der Waals surface area contributed by atoms with Gasteiger partial charge in [0, 0.05) is 18.3 Å². The predicted molar refractivity (Wildman–Crippen MR) is 80.4 cm³/mol. The highest BCUT2D eigenvalue weighted by Crippen LogP contribution is 2.10. The first kappa shape index (κ1) is 14.5. The van der Waals surface area contributed by atoms with E-state index in [1.54, 1.807) is 18.1 Å². The largest absolute Gasteiger partial charge is 0.354 e. The molecule has 0 amide bonds. The lowest BCUT2D eigenvalue weighted by Gasteiger charge is -2.13. The molecule has 1 unspecified atom stereocenters. The molecule has 0 saturated carbocycles. The van der Waals surface area contributed by atoms with Gasteiger partial charge >= 0.3 is 0 Å². The molecule has 0 radical (unpaired) electrons. The monoisotopic (exact) mass is 294 g/mol. The zero-order valence-corrected chi connectivity index (χ0v) is 12.6. The Morgan fingerprint density at radius 2 is 2.10 bits per heavy atom. The molecule has 9 heteroatoms. The first-order chi connectivity index (χ1) is 9.72. The fourth-order valence-corrected chi connectivity index (χ4v) is 2.18. The number of hydrogen-bond donors (Lipinski definition) is 2. The minimum atomic E-state index is 0.269. The number of hydrogen-bond acceptors (Lipinski definition) is 8. The van der Waals surface area contributed by atoms with Gasteiger partial charge in [-0.05, 0) is 20.1 Å². The first-order valence-electron chi connectivity index (χ1n) is 6.33. The van der Waals surface area contributed by atoms with E-state index in [-0.39, 0.29) is 6.04 Å². The maximum Gasteiger partial charge on any atom is 0.258 e. The van der Waals surface area contributed by atoms with Gasteiger partial charge in [-0.15, -0.1) is 0 Å². The van der Waals surface area contributed by atoms with Crippen molar-refractivity contribution in [2.45, 2.75) is 19.9 Å². The van der Waals surface area contributed by atoms with Crippen LogP contribution in [-0.2, 0) is 0 Å². The van der Waals surface area contributed by atoms with Crippen LogP contribution in [0.1, 0.15) is 13.8 Å². The van der Waals surface area contributed by atoms with Crippen LogP contribution in [0.4, 0.5) is 11.9 Å². The van der Waals surface area contributed by atoms with Gasteiger partial charge in [0.25, 0.3) is 5.95 Å². The molecule has 0 fully saturated rings. The molecule has 2 aromatic rings. The van der Waals surface area contributed by atoms with E-state index in [1.165, 1.54) is 11.0 Å². The fraction of sp³-hybridized carbons (Fsp3) is 0.545. The van der Waals surface area contributed by atoms with Crippen LogP contribution in [0.5, 0.6) is 0 Å². The highest BCUT2D eigenvalue weighted by atomic mass is 32.2. The SMILES string of the molecule is CCNc1nc(NC(C)CSC)nc(-n2cncn2)n1. The lowest BCUT2D eigenvalue weighted by Crippen LogP contribution is -2.21. The molecule has 0 saturated heterocycles. The number of nitrogens with zero attached hydrogens (tertiary/aromatic N) is 6. The van der Waals surface area contributed by atoms with E-state index in [9.17, 15) is 0 Å². The summed E-state index contributed by atoms with van der Waals surface area (Å²) in [7, 11) is 0. The summed E-state index contributed by atoms with van der Waals surface area (Å²) in [6.45, 7) is 4.81. The molecular formula is C11H18N8S. The average molecular weight is 294 g/mol. The number of thioether (sulfide) groups is 1. The van der Waals surface area contributed by atoms with Crippen molar-refractivity contribution in [1.82, 2.24) is 29.7 Å². The van der Waals surface area contributed by atoms with Crippen molar-refractivity contribution in [3.05, 3.63) is 12.7 Å². The van der Waals surface area contributed by atoms with Crippen molar-refractivity contribution < 1.29 is 0 Å². The second-order valence-corrected chi connectivity index (χ2v) is 5.06. The summed E-state index contributed by atoms with van der Waals surface area (Å²) in [5, 5.41) is 10.4. The molecule has 2 N–H and O–H groups in total. The van der Waals surface area contributed by atoms with E-state index in [2.05, 4.69) is 48.8 Å². The summed E-state index contributed by atoms with van der Waals surface area (Å²) in [5.41, 5.74) is 0. The third-order valence-corrected chi connectivity index (χ3v) is 3.21. The van der Waals surface area contributed by atoms with Crippen LogP contribution < -0.4 is 10.6 Å². The Morgan fingerprint density at radius 1 is 1.30 bits per heavy atom. The van der Waals surface area contributed by atoms with Crippen LogP contribution in [0.2, 0.25) is 0 Å². The quantitative estimate of drug-likeness (QED) is 0.782. The van der Waals surface area contributed by atoms with E-state index < -0.39 is 0 Å². The van der Waals surface area contributed by atoms with Crippen molar-refractivity contribution >= 4 is 23.7 Å². The van der Waals surface area contributed by atoms with E-state index >= 15 is 0 Å². The predicted octanol–water partition coefficient (Wildman–Crippen LogP) is 1.05. The lowest BCUT2D eigenvalue weighted by atomic mass is 10.4. The molecule has 0 bridgehead atoms. The first-order valence-corrected chi connectivity index (χ1v) is 7.72. The standard InChI is InChI=1S/C11H18N8S/c1-4-13-9-16-10(15-8(2)5-20-3)18-11(17-9)19-7-12-6-14-19/h6-8H,4-5H2,1-3H3,(H2,13,15,16,17,18). The topological polar surface area (TPSA) is 93.4 Å². The lowest BCUT2D eigenvalue weighted by molar-refractivity contribution is 0.786. The smallest absolute Gasteiger partial charge is 0.258 e. The number of anilines is 2. The Hall–Kier alpha value is -1.90. The molecule has 0 aliphatic heterocycles. The van der Waals surface area contributed by atoms with Crippen molar-refractivity contribution in [1.29, 1.82) is 0 Å². The Kier molecular flexibility index (Phi) is 5.10. The molecule has 8 nitrogen and oxygen atoms in total. The van der Waals surface area contributed by atoms with E-state index in [1.807, 2.05) is 6.92 Å². The van der Waals surface area contributed by atoms with Crippen LogP contribution in [-0.4, -0.2) is 54.3 Å². The Bertz CT molecular complexity index is 529. The van der Waals surface area contributed by atoms with Crippen LogP contribution in [0.15, 0.2) is 12.7 Å². The average Bonchev–Trinajstić information content (AvgIpc) is 2.93. The Balaban J connectivity index is 2.26. The highest BCUT2D eigenvalue weighted by Gasteiger charge is 2.10. The molecule has 0 aliphatic rings. The van der Waals surface area contributed by atoms with Crippen molar-refractivity contribution in [2.75, 3.05) is 29.2 Å². The molecule has 20 heavy (non-hydrogen) atoms. The number of nitrogens with one attached hydrogen (secondary N) is 2. The van der Waals surface area contributed by atoms with Gasteiger partial charge in [-0.1, -0.05) is 0 Å². The van der Waals surface area contributed by atoms with Gasteiger partial charge in [0.05, 0.1) is 0 Å². The van der Waals surface area contributed by atoms with Crippen molar-refractivity contribution in [3.8, 4) is 5.95 Å². The summed E-state index contributed by atoms with van der Waals surface area (Å²) in [6.07, 6.45) is 5.07. The summed E-state index contributed by atoms with van der Waals surface area (Å²) >= 11 is 1.77. The maximum atomic E-state index is 4.36. The van der Waals surface area contributed by atoms with Gasteiger partial charge in [-0.3, -0.25) is 0 Å². The molecule has 108 valence electrons. The molecule has 1 atom stereocenters. The third-order valence-electron chi connectivity index (χ3n) is 2.37. The molecule has 2 heterocycles. The normalized spacial score (nSPS) is 12.2. The van der Waals surface area contributed by atoms with Crippen molar-refractivity contribution in [3.63, 3.8) is 0 Å². The molecule has 2 rings (SSSR count). The second kappa shape index (κ2) is 7.04. The number of rotatable bonds is 7. The zero-order chi connectivity index (χ0) is 14.4. The van der Waals surface area contributed by atoms with Gasteiger partial charge in [-0.2, -0.15) is 36.5 Å². The van der Waals surface area contributed by atoms with Crippen LogP contribution in [0.3, 0.4) is 0 Å². The summed E-state index contributed by atoms with van der Waals surface area (Å²) in [5.74, 6) is 2.46. The minimum Gasteiger partial charge on any atom is -0.354 e. The van der Waals surface area contributed by atoms with Gasteiger partial charge in [0.1, 0.15) is 12.7 Å². The molecule has 0 aromatic carbocycles. The van der Waals surface area contributed by atoms with E-state index in [4.69, 9.17) is 0 Å². The molecule has 0 aliphatic carbocycles. The molecule has 0 spiro atoms. The van der Waals surface area contributed by atoms with Crippen LogP contribution >= 0.6 is 11.8 Å². The zero-order valence-electron chi connectivity index (χ0n) is 11.7. The highest BCUT2D eigenvalue weighted by molar-refractivity contribution is 7.98. The Labute approximate surface area is 121 Å². The second-order valence-electron chi connectivity index (χ2n) is 4.15. The van der Waals surface area contributed by atoms with E-state index in [0.29, 0.717) is 17.8 Å². The summed E-state index contributed by atoms with van der Waals surface area (Å²) in [6, 6.07) is 0.269. The number of aromatic nitrogens is 6. The Morgan fingerprint density at radius 3 is 2.75 bits per heavy atom. The van der Waals surface area contributed by atoms with Gasteiger partial charge < -0.3 is 10.6 Å². The van der Waals surface area contributed by atoms with Gasteiger partial charge in [-0.25, -0.2) is 4.98 Å². The van der Waals surface area contributed by atoms with Gasteiger partial charge in [0.2, 0.25) is 11.9 Å².